The molecule has 9 heteroatoms. The summed E-state index contributed by atoms with van der Waals surface area (Å²) in [6, 6.07) is 29.7. The van der Waals surface area contributed by atoms with E-state index < -0.39 is 28.7 Å². The predicted molar refractivity (Wildman–Crippen MR) is 147 cm³/mol. The second-order valence-electron chi connectivity index (χ2n) is 8.75. The van der Waals surface area contributed by atoms with E-state index in [1.54, 1.807) is 24.3 Å². The molecule has 0 saturated carbocycles. The van der Waals surface area contributed by atoms with Crippen LogP contribution in [0.5, 0.6) is 5.75 Å². The molecule has 0 fully saturated rings. The van der Waals surface area contributed by atoms with Crippen molar-refractivity contribution in [2.24, 2.45) is 0 Å². The van der Waals surface area contributed by atoms with Crippen molar-refractivity contribution in [3.05, 3.63) is 142 Å². The normalized spacial score (nSPS) is 13.3. The lowest BCUT2D eigenvalue weighted by atomic mass is 10.0. The molecule has 0 aliphatic carbocycles. The third-order valence-corrected chi connectivity index (χ3v) is 7.69. The molecule has 1 atom stereocenters. The summed E-state index contributed by atoms with van der Waals surface area (Å²) < 4.78 is 5.54. The van der Waals surface area contributed by atoms with Gasteiger partial charge < -0.3 is 4.74 Å². The molecule has 4 aromatic rings. The number of esters is 1. The van der Waals surface area contributed by atoms with Gasteiger partial charge in [0, 0.05) is 17.9 Å². The number of ether oxygens (including phenoxy) is 1. The second kappa shape index (κ2) is 11.3. The number of imide groups is 1. The van der Waals surface area contributed by atoms with Crippen LogP contribution in [0.2, 0.25) is 0 Å². The summed E-state index contributed by atoms with van der Waals surface area (Å²) in [7, 11) is 0. The van der Waals surface area contributed by atoms with Crippen LogP contribution in [0.4, 0.5) is 5.69 Å². The maximum atomic E-state index is 13.5. The molecule has 0 radical (unpaired) electrons. The summed E-state index contributed by atoms with van der Waals surface area (Å²) in [5.41, 5.74) is 2.29. The van der Waals surface area contributed by atoms with Gasteiger partial charge in [-0.3, -0.25) is 24.6 Å². The molecule has 4 aromatic carbocycles. The Hall–Kier alpha value is -4.76. The molecule has 1 aliphatic rings. The first kappa shape index (κ1) is 25.9. The highest BCUT2D eigenvalue weighted by Gasteiger charge is 2.44. The van der Waals surface area contributed by atoms with Crippen molar-refractivity contribution in [3.8, 4) is 5.75 Å². The Morgan fingerprint density at radius 2 is 1.26 bits per heavy atom. The van der Waals surface area contributed by atoms with Gasteiger partial charge in [0.25, 0.3) is 17.5 Å². The highest BCUT2D eigenvalue weighted by molar-refractivity contribution is 7.99. The van der Waals surface area contributed by atoms with E-state index in [0.717, 1.165) is 16.0 Å². The average Bonchev–Trinajstić information content (AvgIpc) is 3.22. The van der Waals surface area contributed by atoms with Gasteiger partial charge in [-0.2, -0.15) is 0 Å². The van der Waals surface area contributed by atoms with E-state index in [-0.39, 0.29) is 33.6 Å². The zero-order chi connectivity index (χ0) is 27.4. The standard InChI is InChI=1S/C30H22N2O6S/c33-28-24-13-7-8-14-25(24)29(34)31(28)26(30(35)38-23-17-15-22(16-18-23)32(36)37)19-39-27(20-9-3-1-4-10-20)21-11-5-2-6-12-21/h1-18,26-27H,19H2/t26-/m1/s1. The Morgan fingerprint density at radius 1 is 0.769 bits per heavy atom. The Kier molecular flexibility index (Phi) is 7.51. The first-order valence-corrected chi connectivity index (χ1v) is 13.1. The Bertz CT molecular complexity index is 1450. The van der Waals surface area contributed by atoms with Gasteiger partial charge in [-0.05, 0) is 35.4 Å². The Labute approximate surface area is 228 Å². The second-order valence-corrected chi connectivity index (χ2v) is 9.89. The Balaban J connectivity index is 1.46. The first-order chi connectivity index (χ1) is 18.9. The zero-order valence-corrected chi connectivity index (χ0v) is 21.3. The van der Waals surface area contributed by atoms with Gasteiger partial charge in [0.2, 0.25) is 0 Å². The Morgan fingerprint density at radius 3 is 1.74 bits per heavy atom. The van der Waals surface area contributed by atoms with Gasteiger partial charge in [-0.1, -0.05) is 72.8 Å². The minimum Gasteiger partial charge on any atom is -0.425 e. The number of carbonyl (C=O) groups is 3. The van der Waals surface area contributed by atoms with Crippen molar-refractivity contribution in [1.29, 1.82) is 0 Å². The van der Waals surface area contributed by atoms with Crippen LogP contribution in [0.15, 0.2) is 109 Å². The van der Waals surface area contributed by atoms with Crippen LogP contribution in [0.1, 0.15) is 37.1 Å². The summed E-state index contributed by atoms with van der Waals surface area (Å²) >= 11 is 1.41. The quantitative estimate of drug-likeness (QED) is 0.0886. The molecule has 0 aromatic heterocycles. The number of amides is 2. The fourth-order valence-electron chi connectivity index (χ4n) is 4.39. The van der Waals surface area contributed by atoms with Gasteiger partial charge in [0.15, 0.2) is 0 Å². The summed E-state index contributed by atoms with van der Waals surface area (Å²) in [6.07, 6.45) is 0. The highest BCUT2D eigenvalue weighted by Crippen LogP contribution is 2.37. The first-order valence-electron chi connectivity index (χ1n) is 12.1. The van der Waals surface area contributed by atoms with Crippen molar-refractivity contribution in [2.75, 3.05) is 5.75 Å². The van der Waals surface area contributed by atoms with Crippen LogP contribution >= 0.6 is 11.8 Å². The van der Waals surface area contributed by atoms with E-state index >= 15 is 0 Å². The third kappa shape index (κ3) is 5.44. The van der Waals surface area contributed by atoms with E-state index in [2.05, 4.69) is 0 Å². The molecule has 5 rings (SSSR count). The van der Waals surface area contributed by atoms with Crippen LogP contribution < -0.4 is 4.74 Å². The third-order valence-electron chi connectivity index (χ3n) is 6.30. The van der Waals surface area contributed by atoms with Crippen LogP contribution in [0.3, 0.4) is 0 Å². The number of non-ortho nitro benzene ring substituents is 1. The average molecular weight is 539 g/mol. The van der Waals surface area contributed by atoms with Gasteiger partial charge in [0.1, 0.15) is 11.8 Å². The van der Waals surface area contributed by atoms with Gasteiger partial charge in [0.05, 0.1) is 21.3 Å². The van der Waals surface area contributed by atoms with Crippen LogP contribution in [-0.4, -0.2) is 39.4 Å². The smallest absolute Gasteiger partial charge is 0.335 e. The van der Waals surface area contributed by atoms with Gasteiger partial charge in [-0.15, -0.1) is 11.8 Å². The fraction of sp³-hybridized carbons (Fsp3) is 0.100. The van der Waals surface area contributed by atoms with Crippen LogP contribution in [-0.2, 0) is 4.79 Å². The number of benzene rings is 4. The molecule has 0 spiro atoms. The predicted octanol–water partition coefficient (Wildman–Crippen LogP) is 5.69. The number of hydrogen-bond donors (Lipinski definition) is 0. The highest BCUT2D eigenvalue weighted by atomic mass is 32.2. The lowest BCUT2D eigenvalue weighted by Gasteiger charge is -2.26. The topological polar surface area (TPSA) is 107 Å². The summed E-state index contributed by atoms with van der Waals surface area (Å²) in [4.78, 5) is 51.6. The van der Waals surface area contributed by atoms with E-state index in [1.165, 1.54) is 36.0 Å². The molecule has 2 amide bonds. The van der Waals surface area contributed by atoms with Crippen LogP contribution in [0, 0.1) is 10.1 Å². The molecule has 194 valence electrons. The molecular weight excluding hydrogens is 516 g/mol. The van der Waals surface area contributed by atoms with Crippen LogP contribution in [0.25, 0.3) is 0 Å². The number of nitro groups is 1. The van der Waals surface area contributed by atoms with Crippen molar-refractivity contribution >= 4 is 35.2 Å². The largest absolute Gasteiger partial charge is 0.425 e. The van der Waals surface area contributed by atoms with Crippen molar-refractivity contribution in [1.82, 2.24) is 4.90 Å². The van der Waals surface area contributed by atoms with E-state index in [1.807, 2.05) is 60.7 Å². The maximum absolute atomic E-state index is 13.5. The SMILES string of the molecule is O=C(Oc1ccc([N+](=O)[O-])cc1)[C@@H](CSC(c1ccccc1)c1ccccc1)N1C(=O)c2ccccc2C1=O. The fourth-order valence-corrected chi connectivity index (χ4v) is 5.75. The molecule has 0 unspecified atom stereocenters. The van der Waals surface area contributed by atoms with Gasteiger partial charge >= 0.3 is 5.97 Å². The monoisotopic (exact) mass is 538 g/mol. The molecular formula is C30H22N2O6S. The van der Waals surface area contributed by atoms with Crippen molar-refractivity contribution in [2.45, 2.75) is 11.3 Å². The number of nitro benzene ring substituents is 1. The van der Waals surface area contributed by atoms with E-state index in [9.17, 15) is 24.5 Å². The number of thioether (sulfide) groups is 1. The summed E-state index contributed by atoms with van der Waals surface area (Å²) in [5.74, 6) is -1.83. The van der Waals surface area contributed by atoms with E-state index in [0.29, 0.717) is 0 Å². The molecule has 8 nitrogen and oxygen atoms in total. The molecule has 0 saturated heterocycles. The van der Waals surface area contributed by atoms with Crippen molar-refractivity contribution < 1.29 is 24.0 Å². The number of carbonyl (C=O) groups excluding carboxylic acids is 3. The summed E-state index contributed by atoms with van der Waals surface area (Å²) in [5, 5.41) is 10.8. The lowest BCUT2D eigenvalue weighted by Crippen LogP contribution is -2.48. The molecule has 1 aliphatic heterocycles. The number of rotatable bonds is 9. The van der Waals surface area contributed by atoms with Gasteiger partial charge in [-0.25, -0.2) is 4.79 Å². The number of fused-ring (bicyclic) bond motifs is 1. The van der Waals surface area contributed by atoms with Crippen molar-refractivity contribution in [3.63, 3.8) is 0 Å². The summed E-state index contributed by atoms with van der Waals surface area (Å²) in [6.45, 7) is 0. The molecule has 0 N–H and O–H groups in total. The van der Waals surface area contributed by atoms with E-state index in [4.69, 9.17) is 4.74 Å². The number of nitrogens with zero attached hydrogens (tertiary/aromatic N) is 2. The molecule has 1 heterocycles. The molecule has 0 bridgehead atoms. The lowest BCUT2D eigenvalue weighted by molar-refractivity contribution is -0.384. The number of hydrogen-bond acceptors (Lipinski definition) is 7. The maximum Gasteiger partial charge on any atom is 0.335 e. The zero-order valence-electron chi connectivity index (χ0n) is 20.5. The minimum absolute atomic E-state index is 0.0612. The minimum atomic E-state index is -1.24. The molecule has 39 heavy (non-hydrogen) atoms.